The molecule has 2 rings (SSSR count). The van der Waals surface area contributed by atoms with Gasteiger partial charge in [0, 0.05) is 18.3 Å². The molecule has 0 amide bonds. The third-order valence-corrected chi connectivity index (χ3v) is 2.90. The van der Waals surface area contributed by atoms with Gasteiger partial charge in [0.1, 0.15) is 5.76 Å². The molecule has 16 heavy (non-hydrogen) atoms. The van der Waals surface area contributed by atoms with Gasteiger partial charge in [-0.2, -0.15) is 0 Å². The van der Waals surface area contributed by atoms with Crippen LogP contribution in [-0.2, 0) is 0 Å². The fraction of sp³-hybridized carbons (Fsp3) is 0.250. The van der Waals surface area contributed by atoms with Crippen molar-refractivity contribution in [2.45, 2.75) is 18.9 Å². The van der Waals surface area contributed by atoms with E-state index in [0.29, 0.717) is 11.0 Å². The minimum Gasteiger partial charge on any atom is -0.448 e. The molecular weight excluding hydrogens is 224 g/mol. The van der Waals surface area contributed by atoms with Gasteiger partial charge in [-0.15, -0.1) is 0 Å². The van der Waals surface area contributed by atoms with Crippen molar-refractivity contribution in [2.75, 3.05) is 0 Å². The molecule has 0 aliphatic rings. The molecule has 0 radical (unpaired) electrons. The van der Waals surface area contributed by atoms with Gasteiger partial charge in [0.05, 0.1) is 6.04 Å². The molecule has 2 N–H and O–H groups in total. The number of pyridine rings is 1. The zero-order valence-corrected chi connectivity index (χ0v) is 9.69. The minimum atomic E-state index is -0.199. The molecular formula is C12H13ClN2O. The van der Waals surface area contributed by atoms with E-state index < -0.39 is 0 Å². The highest BCUT2D eigenvalue weighted by atomic mass is 35.5. The quantitative estimate of drug-likeness (QED) is 0.891. The topological polar surface area (TPSA) is 52.0 Å². The monoisotopic (exact) mass is 236 g/mol. The molecule has 84 valence electrons. The second-order valence-electron chi connectivity index (χ2n) is 3.74. The highest BCUT2D eigenvalue weighted by molar-refractivity contribution is 6.28. The van der Waals surface area contributed by atoms with Crippen LogP contribution in [0.1, 0.15) is 30.2 Å². The van der Waals surface area contributed by atoms with Gasteiger partial charge in [-0.3, -0.25) is 4.98 Å². The lowest BCUT2D eigenvalue weighted by Crippen LogP contribution is -2.16. The Morgan fingerprint density at radius 3 is 2.50 bits per heavy atom. The van der Waals surface area contributed by atoms with Gasteiger partial charge in [0.15, 0.2) is 5.22 Å². The van der Waals surface area contributed by atoms with E-state index in [1.165, 1.54) is 0 Å². The second kappa shape index (κ2) is 4.68. The minimum absolute atomic E-state index is 0.158. The number of furan rings is 1. The average molecular weight is 237 g/mol. The Hall–Kier alpha value is -1.32. The van der Waals surface area contributed by atoms with Gasteiger partial charge in [-0.25, -0.2) is 0 Å². The highest BCUT2D eigenvalue weighted by Crippen LogP contribution is 2.30. The summed E-state index contributed by atoms with van der Waals surface area (Å²) in [6.45, 7) is 2.05. The molecule has 3 nitrogen and oxygen atoms in total. The molecule has 0 aliphatic carbocycles. The molecule has 0 saturated carbocycles. The van der Waals surface area contributed by atoms with Crippen LogP contribution in [0.3, 0.4) is 0 Å². The highest BCUT2D eigenvalue weighted by Gasteiger charge is 2.19. The Labute approximate surface area is 99.2 Å². The summed E-state index contributed by atoms with van der Waals surface area (Å²) in [5.74, 6) is 0.861. The predicted molar refractivity (Wildman–Crippen MR) is 63.3 cm³/mol. The molecule has 0 fully saturated rings. The maximum Gasteiger partial charge on any atom is 0.193 e. The molecule has 2 unspecified atom stereocenters. The first kappa shape index (κ1) is 11.2. The van der Waals surface area contributed by atoms with E-state index in [1.807, 2.05) is 18.2 Å². The van der Waals surface area contributed by atoms with Crippen molar-refractivity contribution in [1.29, 1.82) is 0 Å². The molecule has 0 spiro atoms. The number of nitrogens with zero attached hydrogens (tertiary/aromatic N) is 1. The number of hydrogen-bond acceptors (Lipinski definition) is 3. The van der Waals surface area contributed by atoms with Crippen LogP contribution in [0.2, 0.25) is 5.22 Å². The van der Waals surface area contributed by atoms with Gasteiger partial charge in [-0.1, -0.05) is 6.92 Å². The summed E-state index contributed by atoms with van der Waals surface area (Å²) in [6, 6.07) is 7.22. The molecule has 2 aromatic rings. The first-order valence-electron chi connectivity index (χ1n) is 5.09. The van der Waals surface area contributed by atoms with Crippen molar-refractivity contribution in [3.63, 3.8) is 0 Å². The van der Waals surface area contributed by atoms with E-state index in [1.54, 1.807) is 18.5 Å². The van der Waals surface area contributed by atoms with Crippen LogP contribution >= 0.6 is 11.6 Å². The van der Waals surface area contributed by atoms with Gasteiger partial charge < -0.3 is 10.2 Å². The summed E-state index contributed by atoms with van der Waals surface area (Å²) in [7, 11) is 0. The van der Waals surface area contributed by atoms with Crippen LogP contribution < -0.4 is 5.73 Å². The fourth-order valence-electron chi connectivity index (χ4n) is 1.63. The summed E-state index contributed by atoms with van der Waals surface area (Å²) in [4.78, 5) is 3.98. The molecule has 0 bridgehead atoms. The van der Waals surface area contributed by atoms with E-state index in [2.05, 4.69) is 11.9 Å². The van der Waals surface area contributed by atoms with E-state index in [0.717, 1.165) is 5.56 Å². The van der Waals surface area contributed by atoms with Crippen molar-refractivity contribution in [3.8, 4) is 0 Å². The van der Waals surface area contributed by atoms with E-state index in [4.69, 9.17) is 21.8 Å². The summed E-state index contributed by atoms with van der Waals surface area (Å²) in [6.07, 6.45) is 3.52. The molecule has 2 atom stereocenters. The Morgan fingerprint density at radius 2 is 1.94 bits per heavy atom. The van der Waals surface area contributed by atoms with E-state index in [-0.39, 0.29) is 12.0 Å². The maximum absolute atomic E-state index is 6.11. The van der Waals surface area contributed by atoms with Gasteiger partial charge in [0.2, 0.25) is 0 Å². The number of nitrogens with two attached hydrogens (primary N) is 1. The second-order valence-corrected chi connectivity index (χ2v) is 4.11. The summed E-state index contributed by atoms with van der Waals surface area (Å²) in [5.41, 5.74) is 7.25. The van der Waals surface area contributed by atoms with Crippen molar-refractivity contribution >= 4 is 11.6 Å². The summed E-state index contributed by atoms with van der Waals surface area (Å²) in [5, 5.41) is 0.368. The number of aromatic nitrogens is 1. The fourth-order valence-corrected chi connectivity index (χ4v) is 1.78. The largest absolute Gasteiger partial charge is 0.448 e. The standard InChI is InChI=1S/C12H13ClN2O/c1-8(9-4-6-15-7-5-9)12(14)10-2-3-11(13)16-10/h2-8,12H,14H2,1H3. The van der Waals surface area contributed by atoms with Crippen molar-refractivity contribution in [3.05, 3.63) is 53.2 Å². The van der Waals surface area contributed by atoms with Gasteiger partial charge in [-0.05, 0) is 41.4 Å². The van der Waals surface area contributed by atoms with Gasteiger partial charge in [0.25, 0.3) is 0 Å². The molecule has 2 heterocycles. The Kier molecular flexibility index (Phi) is 3.27. The van der Waals surface area contributed by atoms with Crippen LogP contribution in [0, 0.1) is 0 Å². The molecule has 0 aromatic carbocycles. The molecule has 4 heteroatoms. The lowest BCUT2D eigenvalue weighted by Gasteiger charge is -2.17. The zero-order valence-electron chi connectivity index (χ0n) is 8.93. The zero-order chi connectivity index (χ0) is 11.5. The van der Waals surface area contributed by atoms with Crippen LogP contribution in [0.4, 0.5) is 0 Å². The average Bonchev–Trinajstić information content (AvgIpc) is 2.75. The lowest BCUT2D eigenvalue weighted by molar-refractivity contribution is 0.436. The number of rotatable bonds is 3. The first-order chi connectivity index (χ1) is 7.68. The van der Waals surface area contributed by atoms with Gasteiger partial charge >= 0.3 is 0 Å². The summed E-state index contributed by atoms with van der Waals surface area (Å²) >= 11 is 5.72. The van der Waals surface area contributed by atoms with Crippen LogP contribution in [0.25, 0.3) is 0 Å². The molecule has 2 aromatic heterocycles. The van der Waals surface area contributed by atoms with Crippen LogP contribution in [0.5, 0.6) is 0 Å². The van der Waals surface area contributed by atoms with Crippen LogP contribution in [0.15, 0.2) is 41.1 Å². The predicted octanol–water partition coefficient (Wildman–Crippen LogP) is 3.13. The third kappa shape index (κ3) is 2.26. The van der Waals surface area contributed by atoms with Crippen LogP contribution in [-0.4, -0.2) is 4.98 Å². The first-order valence-corrected chi connectivity index (χ1v) is 5.47. The number of halogens is 1. The molecule has 0 aliphatic heterocycles. The van der Waals surface area contributed by atoms with Crippen molar-refractivity contribution < 1.29 is 4.42 Å². The normalized spacial score (nSPS) is 14.7. The van der Waals surface area contributed by atoms with Crippen molar-refractivity contribution in [1.82, 2.24) is 4.98 Å². The summed E-state index contributed by atoms with van der Waals surface area (Å²) < 4.78 is 5.31. The smallest absolute Gasteiger partial charge is 0.193 e. The Balaban J connectivity index is 2.19. The molecule has 0 saturated heterocycles. The number of hydrogen-bond donors (Lipinski definition) is 1. The maximum atomic E-state index is 6.11. The Morgan fingerprint density at radius 1 is 1.25 bits per heavy atom. The SMILES string of the molecule is CC(c1ccncc1)C(N)c1ccc(Cl)o1. The van der Waals surface area contributed by atoms with E-state index in [9.17, 15) is 0 Å². The third-order valence-electron chi connectivity index (χ3n) is 2.69. The Bertz CT molecular complexity index is 455. The van der Waals surface area contributed by atoms with E-state index >= 15 is 0 Å². The lowest BCUT2D eigenvalue weighted by atomic mass is 9.93. The van der Waals surface area contributed by atoms with Crippen molar-refractivity contribution in [2.24, 2.45) is 5.73 Å².